The molecule has 0 spiro atoms. The number of hydrogen-bond acceptors (Lipinski definition) is 12. The maximum atomic E-state index is 15.1. The van der Waals surface area contributed by atoms with Crippen molar-refractivity contribution < 1.29 is 57.3 Å². The van der Waals surface area contributed by atoms with Crippen LogP contribution in [0.3, 0.4) is 0 Å². The van der Waals surface area contributed by atoms with E-state index in [1.807, 2.05) is 98.7 Å². The Morgan fingerprint density at radius 3 is 0.950 bits per heavy atom. The Balaban J connectivity index is 1.84. The van der Waals surface area contributed by atoms with Crippen LogP contribution in [-0.2, 0) is 83.0 Å². The molecular weight excluding hydrogens is 1020 g/mol. The first kappa shape index (κ1) is 66.7. The third kappa shape index (κ3) is 20.0. The molecular formula is C64H98N4O12. The highest BCUT2D eigenvalue weighted by Crippen LogP contribution is 2.28. The van der Waals surface area contributed by atoms with Crippen molar-refractivity contribution in [2.45, 2.75) is 227 Å². The number of nitrogens with zero attached hydrogens (tertiary/aromatic N) is 4. The second kappa shape index (κ2) is 32.0. The highest BCUT2D eigenvalue weighted by atomic mass is 16.6. The second-order valence-corrected chi connectivity index (χ2v) is 24.6. The summed E-state index contributed by atoms with van der Waals surface area (Å²) >= 11 is 0. The van der Waals surface area contributed by atoms with Crippen LogP contribution in [0.5, 0.6) is 0 Å². The van der Waals surface area contributed by atoms with E-state index in [1.165, 1.54) is 114 Å². The lowest BCUT2D eigenvalue weighted by atomic mass is 9.90. The normalized spacial score (nSPS) is 25.1. The summed E-state index contributed by atoms with van der Waals surface area (Å²) in [7, 11) is 5.68. The zero-order valence-corrected chi connectivity index (χ0v) is 51.1. The molecule has 16 heteroatoms. The highest BCUT2D eigenvalue weighted by Gasteiger charge is 2.43. The third-order valence-electron chi connectivity index (χ3n) is 15.8. The van der Waals surface area contributed by atoms with Crippen LogP contribution in [0.15, 0.2) is 48.5 Å². The van der Waals surface area contributed by atoms with Crippen molar-refractivity contribution in [1.29, 1.82) is 0 Å². The van der Waals surface area contributed by atoms with E-state index >= 15 is 4.79 Å². The van der Waals surface area contributed by atoms with Crippen molar-refractivity contribution in [2.24, 2.45) is 29.6 Å². The maximum absolute atomic E-state index is 15.1. The number of cyclic esters (lactones) is 4. The van der Waals surface area contributed by atoms with E-state index in [9.17, 15) is 33.6 Å². The highest BCUT2D eigenvalue weighted by molar-refractivity contribution is 5.94. The molecule has 1 unspecified atom stereocenters. The van der Waals surface area contributed by atoms with Crippen LogP contribution < -0.4 is 0 Å². The number of carbonyl (C=O) groups is 8. The van der Waals surface area contributed by atoms with Gasteiger partial charge in [0.1, 0.15) is 24.2 Å². The Morgan fingerprint density at radius 1 is 0.388 bits per heavy atom. The Morgan fingerprint density at radius 2 is 0.650 bits per heavy atom. The minimum Gasteiger partial charge on any atom is -0.451 e. The van der Waals surface area contributed by atoms with Gasteiger partial charge in [0.15, 0.2) is 24.4 Å². The lowest BCUT2D eigenvalue weighted by Gasteiger charge is -2.35. The molecule has 1 saturated carbocycles. The molecule has 16 nitrogen and oxygen atoms in total. The molecule has 1 aliphatic carbocycles. The Bertz CT molecular complexity index is 2320. The van der Waals surface area contributed by atoms with Gasteiger partial charge in [-0.15, -0.1) is 0 Å². The molecule has 446 valence electrons. The first-order valence-corrected chi connectivity index (χ1v) is 29.8. The lowest BCUT2D eigenvalue weighted by Crippen LogP contribution is -2.55. The fraction of sp³-hybridized carbons (Fsp3) is 0.688. The Labute approximate surface area is 478 Å². The van der Waals surface area contributed by atoms with Gasteiger partial charge in [-0.25, -0.2) is 19.2 Å². The molecule has 0 aromatic heterocycles. The van der Waals surface area contributed by atoms with Gasteiger partial charge in [-0.3, -0.25) is 19.2 Å². The van der Waals surface area contributed by atoms with E-state index in [2.05, 4.69) is 12.1 Å². The Kier molecular flexibility index (Phi) is 26.7. The molecule has 80 heavy (non-hydrogen) atoms. The van der Waals surface area contributed by atoms with Gasteiger partial charge in [0.2, 0.25) is 0 Å². The standard InChI is InChI=1S/C64H98N4O12/c1-16-46-25-27-49(28-26-46)38-55-59(71)67(14)51(33-40(2)3)61(73)77-45(11)58(70)66(13)54(36-43(8)9)64(76)80-56(39-50-31-29-48(30-32-50)37-47-23-21-19-17-18-20-22-24-47)60(72)68(15)52(34-41(4)5)62(74)78-44(10)57(69)65(12)53(35-42(6)7)63(75)79-55/h25-32,40-45,47,51-56H,16-24,33-39H2,1-15H3/t44-,45-,51+,52+,53+,54?,55-,56-/m1/s1. The molecule has 0 bridgehead atoms. The number of esters is 4. The van der Waals surface area contributed by atoms with Gasteiger partial charge in [0.05, 0.1) is 0 Å². The maximum Gasteiger partial charge on any atom is 0.329 e. The second-order valence-electron chi connectivity index (χ2n) is 24.6. The lowest BCUT2D eigenvalue weighted by molar-refractivity contribution is -0.176. The summed E-state index contributed by atoms with van der Waals surface area (Å²) in [6.45, 7) is 19.8. The zero-order valence-electron chi connectivity index (χ0n) is 51.1. The molecule has 2 aliphatic rings. The van der Waals surface area contributed by atoms with E-state index in [-0.39, 0.29) is 62.2 Å². The van der Waals surface area contributed by atoms with Crippen LogP contribution in [0, 0.1) is 29.6 Å². The molecule has 1 aliphatic heterocycles. The van der Waals surface area contributed by atoms with Crippen LogP contribution in [0.1, 0.15) is 175 Å². The van der Waals surface area contributed by atoms with E-state index in [0.717, 1.165) is 23.3 Å². The molecule has 2 aromatic rings. The molecule has 0 N–H and O–H groups in total. The predicted octanol–water partition coefficient (Wildman–Crippen LogP) is 9.52. The van der Waals surface area contributed by atoms with Crippen molar-refractivity contribution >= 4 is 47.5 Å². The van der Waals surface area contributed by atoms with Gasteiger partial charge in [0.25, 0.3) is 23.6 Å². The monoisotopic (exact) mass is 1110 g/mol. The van der Waals surface area contributed by atoms with Gasteiger partial charge in [0, 0.05) is 41.0 Å². The topological polar surface area (TPSA) is 186 Å². The molecule has 2 fully saturated rings. The van der Waals surface area contributed by atoms with Crippen molar-refractivity contribution in [2.75, 3.05) is 28.2 Å². The fourth-order valence-corrected chi connectivity index (χ4v) is 10.9. The molecule has 1 heterocycles. The van der Waals surface area contributed by atoms with Gasteiger partial charge >= 0.3 is 23.9 Å². The van der Waals surface area contributed by atoms with Crippen molar-refractivity contribution in [3.8, 4) is 0 Å². The molecule has 8 atom stereocenters. The SMILES string of the molecule is CCc1ccc(C[C@H]2OC(=O)[C@H](CC(C)C)N(C)C(=O)[C@@H](C)OC(=O)[C@H](CC(C)C)N(C)C(=O)[C@@H](Cc3ccc(CC4CCCCCCCC4)cc3)OC(=O)C(CC(C)C)N(C)C(=O)[C@@H](C)OC(=O)[C@H](CC(C)C)N(C)C2=O)cc1. The molecule has 2 aromatic carbocycles. The van der Waals surface area contributed by atoms with Crippen LogP contribution in [-0.4, -0.2) is 144 Å². The third-order valence-corrected chi connectivity index (χ3v) is 15.8. The number of rotatable bonds is 15. The number of carbonyl (C=O) groups excluding carboxylic acids is 8. The first-order chi connectivity index (χ1) is 37.7. The fourth-order valence-electron chi connectivity index (χ4n) is 10.9. The van der Waals surface area contributed by atoms with E-state index in [1.54, 1.807) is 0 Å². The summed E-state index contributed by atoms with van der Waals surface area (Å²) in [4.78, 5) is 122. The average Bonchev–Trinajstić information content (AvgIpc) is 3.54. The van der Waals surface area contributed by atoms with Crippen LogP contribution in [0.25, 0.3) is 0 Å². The summed E-state index contributed by atoms with van der Waals surface area (Å²) in [5, 5.41) is 0. The minimum atomic E-state index is -1.48. The predicted molar refractivity (Wildman–Crippen MR) is 309 cm³/mol. The Hall–Kier alpha value is -5.80. The molecule has 4 amide bonds. The number of ether oxygens (including phenoxy) is 4. The minimum absolute atomic E-state index is 0.0648. The number of hydrogen-bond donors (Lipinski definition) is 0. The quantitative estimate of drug-likeness (QED) is 0.122. The largest absolute Gasteiger partial charge is 0.451 e. The van der Waals surface area contributed by atoms with Crippen molar-refractivity contribution in [3.63, 3.8) is 0 Å². The molecule has 1 saturated heterocycles. The van der Waals surface area contributed by atoms with Gasteiger partial charge in [-0.1, -0.05) is 162 Å². The average molecular weight is 1120 g/mol. The van der Waals surface area contributed by atoms with Gasteiger partial charge in [-0.05, 0) is 104 Å². The number of aryl methyl sites for hydroxylation is 1. The van der Waals surface area contributed by atoms with E-state index < -0.39 is 96.1 Å². The first-order valence-electron chi connectivity index (χ1n) is 29.8. The number of likely N-dealkylation sites (N-methyl/N-ethyl adjacent to an activating group) is 4. The summed E-state index contributed by atoms with van der Waals surface area (Å²) in [5.74, 6) is -6.46. The van der Waals surface area contributed by atoms with Crippen LogP contribution in [0.2, 0.25) is 0 Å². The van der Waals surface area contributed by atoms with E-state index in [0.29, 0.717) is 17.0 Å². The van der Waals surface area contributed by atoms with Crippen molar-refractivity contribution in [3.05, 3.63) is 70.8 Å². The number of benzene rings is 2. The molecule has 4 rings (SSSR count). The summed E-state index contributed by atoms with van der Waals surface area (Å²) in [6.07, 6.45) is 6.03. The number of amides is 4. The molecule has 0 radical (unpaired) electrons. The summed E-state index contributed by atoms with van der Waals surface area (Å²) in [6, 6.07) is 10.5. The van der Waals surface area contributed by atoms with Crippen LogP contribution >= 0.6 is 0 Å². The zero-order chi connectivity index (χ0) is 59.5. The summed E-state index contributed by atoms with van der Waals surface area (Å²) in [5.41, 5.74) is 3.60. The van der Waals surface area contributed by atoms with Gasteiger partial charge < -0.3 is 38.5 Å². The van der Waals surface area contributed by atoms with Gasteiger partial charge in [-0.2, -0.15) is 0 Å². The van der Waals surface area contributed by atoms with E-state index in [4.69, 9.17) is 18.9 Å². The summed E-state index contributed by atoms with van der Waals surface area (Å²) < 4.78 is 24.3. The van der Waals surface area contributed by atoms with Crippen LogP contribution in [0.4, 0.5) is 0 Å². The van der Waals surface area contributed by atoms with Crippen molar-refractivity contribution in [1.82, 2.24) is 19.6 Å². The smallest absolute Gasteiger partial charge is 0.329 e.